The number of benzene rings is 1. The molecule has 0 saturated carbocycles. The van der Waals surface area contributed by atoms with Gasteiger partial charge < -0.3 is 0 Å². The van der Waals surface area contributed by atoms with Crippen molar-refractivity contribution in [1.82, 2.24) is 0 Å². The highest BCUT2D eigenvalue weighted by molar-refractivity contribution is 7.88. The maximum Gasteiger partial charge on any atom is 0.304 e. The van der Waals surface area contributed by atoms with Crippen molar-refractivity contribution in [3.63, 3.8) is 0 Å². The van der Waals surface area contributed by atoms with Crippen LogP contribution in [0.2, 0.25) is 0 Å². The predicted octanol–water partition coefficient (Wildman–Crippen LogP) is 3.20. The van der Waals surface area contributed by atoms with Crippen LogP contribution in [0.15, 0.2) is 21.2 Å². The van der Waals surface area contributed by atoms with Gasteiger partial charge in [-0.25, -0.2) is 0 Å². The fourth-order valence-electron chi connectivity index (χ4n) is 3.54. The average Bonchev–Trinajstić information content (AvgIpc) is 2.99. The summed E-state index contributed by atoms with van der Waals surface area (Å²) >= 11 is 0.635. The Balaban J connectivity index is 2.54. The Labute approximate surface area is 156 Å². The third-order valence-electron chi connectivity index (χ3n) is 4.93. The summed E-state index contributed by atoms with van der Waals surface area (Å²) in [5, 5.41) is 0.413. The van der Waals surface area contributed by atoms with Gasteiger partial charge in [0.25, 0.3) is 10.1 Å². The van der Waals surface area contributed by atoms with Crippen molar-refractivity contribution in [2.45, 2.75) is 48.6 Å². The topological polar surface area (TPSA) is 112 Å². The lowest BCUT2D eigenvalue weighted by Crippen LogP contribution is -2.26. The zero-order chi connectivity index (χ0) is 19.7. The first kappa shape index (κ1) is 19.4. The summed E-state index contributed by atoms with van der Waals surface area (Å²) in [6.45, 7) is 8.57. The van der Waals surface area contributed by atoms with Crippen LogP contribution < -0.4 is 0 Å². The molecule has 26 heavy (non-hydrogen) atoms. The summed E-state index contributed by atoms with van der Waals surface area (Å²) in [7, 11) is -9.08. The van der Waals surface area contributed by atoms with Crippen LogP contribution in [0, 0.1) is 0 Å². The Morgan fingerprint density at radius 3 is 2.23 bits per heavy atom. The van der Waals surface area contributed by atoms with Crippen LogP contribution in [0.3, 0.4) is 0 Å². The first-order valence-corrected chi connectivity index (χ1v) is 11.7. The average molecular weight is 419 g/mol. The van der Waals surface area contributed by atoms with Crippen LogP contribution in [-0.4, -0.2) is 42.8 Å². The molecule has 10 heteroatoms. The maximum atomic E-state index is 11.9. The molecule has 0 unspecified atom stereocenters. The van der Waals surface area contributed by atoms with E-state index in [1.165, 1.54) is 12.1 Å². The van der Waals surface area contributed by atoms with E-state index in [0.717, 1.165) is 17.7 Å². The molecule has 1 aromatic heterocycles. The van der Waals surface area contributed by atoms with Crippen molar-refractivity contribution in [3.8, 4) is 0 Å². The number of hydrogen-bond acceptors (Lipinski definition) is 5. The number of hydrogen-bond donors (Lipinski definition) is 2. The quantitative estimate of drug-likeness (QED) is 0.582. The molecular weight excluding hydrogens is 398 g/mol. The molecule has 2 aromatic rings. The van der Waals surface area contributed by atoms with Crippen molar-refractivity contribution in [3.05, 3.63) is 17.7 Å². The number of rotatable bonds is 4. The second kappa shape index (κ2) is 5.83. The Morgan fingerprint density at radius 1 is 1.12 bits per heavy atom. The normalized spacial score (nSPS) is 17.2. The lowest BCUT2D eigenvalue weighted by molar-refractivity contribution is -0.439. The molecule has 7 nitrogen and oxygen atoms in total. The van der Waals surface area contributed by atoms with E-state index < -0.39 is 25.7 Å². The fraction of sp³-hybridized carbons (Fsp3) is 0.438. The molecule has 1 aliphatic rings. The van der Waals surface area contributed by atoms with E-state index in [9.17, 15) is 25.9 Å². The monoisotopic (exact) mass is 418 g/mol. The van der Waals surface area contributed by atoms with Gasteiger partial charge >= 0.3 is 10.1 Å². The van der Waals surface area contributed by atoms with Gasteiger partial charge in [0.2, 0.25) is 5.69 Å². The Bertz CT molecular complexity index is 1170. The van der Waals surface area contributed by atoms with E-state index >= 15 is 0 Å². The molecule has 0 aliphatic carbocycles. The smallest absolute Gasteiger partial charge is 0.282 e. The first-order chi connectivity index (χ1) is 11.8. The van der Waals surface area contributed by atoms with E-state index in [2.05, 4.69) is 0 Å². The highest BCUT2D eigenvalue weighted by atomic mass is 32.3. The van der Waals surface area contributed by atoms with E-state index in [0.29, 0.717) is 29.0 Å². The number of thiophene rings is 1. The van der Waals surface area contributed by atoms with E-state index in [1.807, 2.05) is 32.3 Å². The largest absolute Gasteiger partial charge is 0.304 e. The van der Waals surface area contributed by atoms with Crippen LogP contribution in [-0.2, 0) is 25.7 Å². The molecule has 0 bridgehead atoms. The highest BCUT2D eigenvalue weighted by Gasteiger charge is 2.46. The van der Waals surface area contributed by atoms with Gasteiger partial charge in [-0.3, -0.25) is 9.11 Å². The van der Waals surface area contributed by atoms with Crippen LogP contribution in [0.1, 0.15) is 39.7 Å². The van der Waals surface area contributed by atoms with Crippen molar-refractivity contribution in [2.75, 3.05) is 6.54 Å². The summed E-state index contributed by atoms with van der Waals surface area (Å²) in [5.74, 6) is 0. The molecular formula is C16H20NO6S3+. The number of fused-ring (bicyclic) bond motifs is 3. The zero-order valence-corrected chi connectivity index (χ0v) is 17.2. The molecule has 0 radical (unpaired) electrons. The Hall–Kier alpha value is -1.33. The maximum absolute atomic E-state index is 11.9. The van der Waals surface area contributed by atoms with Crippen LogP contribution in [0.4, 0.5) is 5.69 Å². The fourth-order valence-corrected chi connectivity index (χ4v) is 6.33. The molecule has 2 heterocycles. The predicted molar refractivity (Wildman–Crippen MR) is 100 cm³/mol. The summed E-state index contributed by atoms with van der Waals surface area (Å²) in [6.07, 6.45) is 0.825. The zero-order valence-electron chi connectivity index (χ0n) is 14.8. The molecule has 0 saturated heterocycles. The van der Waals surface area contributed by atoms with Gasteiger partial charge in [0.05, 0.1) is 10.1 Å². The SMILES string of the molecule is CCC[N+]1=C(C)C(C)(C)c2c1cc(S(=O)(=O)O)c1sc(S(=O)(=O)O)cc21. The van der Waals surface area contributed by atoms with E-state index in [4.69, 9.17) is 0 Å². The van der Waals surface area contributed by atoms with Gasteiger partial charge in [0.1, 0.15) is 15.6 Å². The number of nitrogens with zero attached hydrogens (tertiary/aromatic N) is 1. The van der Waals surface area contributed by atoms with Crippen molar-refractivity contribution in [2.24, 2.45) is 0 Å². The molecule has 0 fully saturated rings. The second-order valence-electron chi connectivity index (χ2n) is 6.89. The summed E-state index contributed by atoms with van der Waals surface area (Å²) in [5.41, 5.74) is 1.96. The Kier molecular flexibility index (Phi) is 4.36. The third kappa shape index (κ3) is 2.80. The molecule has 2 N–H and O–H groups in total. The minimum absolute atomic E-state index is 0.123. The second-order valence-corrected chi connectivity index (χ2v) is 11.0. The van der Waals surface area contributed by atoms with Crippen LogP contribution >= 0.6 is 11.3 Å². The Morgan fingerprint density at radius 2 is 1.73 bits per heavy atom. The molecule has 3 rings (SSSR count). The molecule has 0 spiro atoms. The lowest BCUT2D eigenvalue weighted by Gasteiger charge is -2.16. The first-order valence-electron chi connectivity index (χ1n) is 7.97. The van der Waals surface area contributed by atoms with Gasteiger partial charge in [-0.05, 0) is 19.9 Å². The molecule has 0 atom stereocenters. The van der Waals surface area contributed by atoms with E-state index in [-0.39, 0.29) is 13.8 Å². The van der Waals surface area contributed by atoms with Gasteiger partial charge in [-0.2, -0.15) is 21.4 Å². The molecule has 0 amide bonds. The summed E-state index contributed by atoms with van der Waals surface area (Å²) in [6, 6.07) is 2.68. The van der Waals surface area contributed by atoms with Crippen molar-refractivity contribution in [1.29, 1.82) is 0 Å². The van der Waals surface area contributed by atoms with E-state index in [1.54, 1.807) is 0 Å². The minimum atomic E-state index is -4.58. The van der Waals surface area contributed by atoms with Gasteiger partial charge in [-0.15, -0.1) is 11.3 Å². The summed E-state index contributed by atoms with van der Waals surface area (Å²) in [4.78, 5) is -0.349. The third-order valence-corrected chi connectivity index (χ3v) is 8.41. The van der Waals surface area contributed by atoms with Crippen molar-refractivity contribution < 1.29 is 30.5 Å². The van der Waals surface area contributed by atoms with Gasteiger partial charge in [-0.1, -0.05) is 6.92 Å². The highest BCUT2D eigenvalue weighted by Crippen LogP contribution is 2.48. The minimum Gasteiger partial charge on any atom is -0.282 e. The standard InChI is InChI=1S/C16H19NO6S3/c1-5-6-17-9(2)16(3,4)14-10-7-13(26(21,22)23)24-15(10)12(8-11(14)17)25(18,19)20/h7-8H,5-6H2,1-4H3,(H-,18,19,20,21,22,23)/p+1. The summed E-state index contributed by atoms with van der Waals surface area (Å²) < 4.78 is 67.9. The van der Waals surface area contributed by atoms with Gasteiger partial charge in [0.15, 0.2) is 5.71 Å². The molecule has 142 valence electrons. The van der Waals surface area contributed by atoms with Crippen LogP contribution in [0.25, 0.3) is 10.1 Å². The van der Waals surface area contributed by atoms with Crippen molar-refractivity contribution >= 4 is 53.1 Å². The lowest BCUT2D eigenvalue weighted by atomic mass is 9.80. The molecule has 1 aromatic carbocycles. The molecule has 1 aliphatic heterocycles. The van der Waals surface area contributed by atoms with Crippen LogP contribution in [0.5, 0.6) is 0 Å². The van der Waals surface area contributed by atoms with Gasteiger partial charge in [0, 0.05) is 30.4 Å².